The monoisotopic (exact) mass is 393 g/mol. The van der Waals surface area contributed by atoms with E-state index >= 15 is 0 Å². The van der Waals surface area contributed by atoms with Gasteiger partial charge in [0, 0.05) is 23.4 Å². The third-order valence-corrected chi connectivity index (χ3v) is 7.70. The van der Waals surface area contributed by atoms with Gasteiger partial charge in [0.15, 0.2) is 0 Å². The number of halogens is 2. The average Bonchev–Trinajstić information content (AvgIpc) is 2.92. The molecule has 0 saturated carbocycles. The second-order valence-electron chi connectivity index (χ2n) is 6.01. The van der Waals surface area contributed by atoms with E-state index < -0.39 is 10.0 Å². The summed E-state index contributed by atoms with van der Waals surface area (Å²) in [6, 6.07) is 3.60. The lowest BCUT2D eigenvalue weighted by Gasteiger charge is -2.20. The molecular formula is C15H21BrClNO2S. The van der Waals surface area contributed by atoms with E-state index in [4.69, 9.17) is 11.6 Å². The zero-order chi connectivity index (χ0) is 15.8. The third kappa shape index (κ3) is 3.46. The van der Waals surface area contributed by atoms with Crippen molar-refractivity contribution in [2.45, 2.75) is 38.0 Å². The first-order valence-electron chi connectivity index (χ1n) is 7.12. The van der Waals surface area contributed by atoms with Crippen LogP contribution < -0.4 is 0 Å². The molecule has 1 heterocycles. The predicted octanol–water partition coefficient (Wildman–Crippen LogP) is 4.16. The van der Waals surface area contributed by atoms with Crippen LogP contribution in [-0.4, -0.2) is 25.8 Å². The van der Waals surface area contributed by atoms with E-state index in [1.165, 1.54) is 0 Å². The standard InChI is InChI=1S/C15H21BrClNO2S/c1-10(2)13-4-5-18(9-13)21(19,20)14-7-12(8-17)6-11(3)15(14)16/h6-7,10,13H,4-5,8-9H2,1-3H3. The van der Waals surface area contributed by atoms with Crippen LogP contribution in [0.2, 0.25) is 0 Å². The molecule has 118 valence electrons. The van der Waals surface area contributed by atoms with Gasteiger partial charge in [0.2, 0.25) is 10.0 Å². The molecule has 1 fully saturated rings. The van der Waals surface area contributed by atoms with E-state index in [1.54, 1.807) is 10.4 Å². The Labute approximate surface area is 140 Å². The maximum Gasteiger partial charge on any atom is 0.244 e. The topological polar surface area (TPSA) is 37.4 Å². The van der Waals surface area contributed by atoms with E-state index in [1.807, 2.05) is 13.0 Å². The van der Waals surface area contributed by atoms with E-state index in [2.05, 4.69) is 29.8 Å². The second-order valence-corrected chi connectivity index (χ2v) is 8.98. The quantitative estimate of drug-likeness (QED) is 0.719. The normalized spacial score (nSPS) is 20.4. The summed E-state index contributed by atoms with van der Waals surface area (Å²) in [7, 11) is -3.46. The van der Waals surface area contributed by atoms with Gasteiger partial charge in [0.1, 0.15) is 0 Å². The van der Waals surface area contributed by atoms with Crippen molar-refractivity contribution in [3.63, 3.8) is 0 Å². The Hall–Kier alpha value is -0.100. The molecule has 2 rings (SSSR count). The first-order chi connectivity index (χ1) is 9.77. The van der Waals surface area contributed by atoms with Gasteiger partial charge in [-0.2, -0.15) is 4.31 Å². The molecule has 21 heavy (non-hydrogen) atoms. The van der Waals surface area contributed by atoms with Gasteiger partial charge in [-0.1, -0.05) is 19.9 Å². The molecule has 1 aromatic rings. The van der Waals surface area contributed by atoms with Gasteiger partial charge in [-0.3, -0.25) is 0 Å². The van der Waals surface area contributed by atoms with Crippen LogP contribution in [0, 0.1) is 18.8 Å². The molecule has 0 radical (unpaired) electrons. The van der Waals surface area contributed by atoms with Crippen molar-refractivity contribution in [2.24, 2.45) is 11.8 Å². The van der Waals surface area contributed by atoms with E-state index in [9.17, 15) is 8.42 Å². The van der Waals surface area contributed by atoms with Crippen LogP contribution in [0.25, 0.3) is 0 Å². The lowest BCUT2D eigenvalue weighted by molar-refractivity contribution is 0.388. The fourth-order valence-electron chi connectivity index (χ4n) is 2.73. The van der Waals surface area contributed by atoms with Crippen LogP contribution in [0.15, 0.2) is 21.5 Å². The van der Waals surface area contributed by atoms with Crippen LogP contribution >= 0.6 is 27.5 Å². The number of sulfonamides is 1. The fourth-order valence-corrected chi connectivity index (χ4v) is 5.43. The Morgan fingerprint density at radius 1 is 1.43 bits per heavy atom. The number of rotatable bonds is 4. The highest BCUT2D eigenvalue weighted by atomic mass is 79.9. The lowest BCUT2D eigenvalue weighted by Crippen LogP contribution is -2.30. The van der Waals surface area contributed by atoms with Gasteiger partial charge in [-0.15, -0.1) is 11.6 Å². The van der Waals surface area contributed by atoms with Crippen molar-refractivity contribution < 1.29 is 8.42 Å². The minimum Gasteiger partial charge on any atom is -0.207 e. The van der Waals surface area contributed by atoms with Gasteiger partial charge in [0.05, 0.1) is 4.90 Å². The van der Waals surface area contributed by atoms with Gasteiger partial charge in [0.25, 0.3) is 0 Å². The zero-order valence-electron chi connectivity index (χ0n) is 12.6. The van der Waals surface area contributed by atoms with Gasteiger partial charge in [-0.05, 0) is 58.3 Å². The van der Waals surface area contributed by atoms with Gasteiger partial charge < -0.3 is 0 Å². The van der Waals surface area contributed by atoms with Crippen LogP contribution in [0.5, 0.6) is 0 Å². The first-order valence-corrected chi connectivity index (χ1v) is 9.89. The molecule has 0 spiro atoms. The highest BCUT2D eigenvalue weighted by Gasteiger charge is 2.35. The summed E-state index contributed by atoms with van der Waals surface area (Å²) in [5, 5.41) is 0. The van der Waals surface area contributed by atoms with Gasteiger partial charge >= 0.3 is 0 Å². The van der Waals surface area contributed by atoms with Crippen molar-refractivity contribution >= 4 is 37.6 Å². The zero-order valence-corrected chi connectivity index (χ0v) is 15.7. The van der Waals surface area contributed by atoms with Crippen LogP contribution in [0.3, 0.4) is 0 Å². The maximum atomic E-state index is 12.9. The Bertz CT molecular complexity index is 631. The summed E-state index contributed by atoms with van der Waals surface area (Å²) < 4.78 is 28.0. The number of benzene rings is 1. The fraction of sp³-hybridized carbons (Fsp3) is 0.600. The Morgan fingerprint density at radius 3 is 2.62 bits per heavy atom. The Balaban J connectivity index is 2.39. The SMILES string of the molecule is Cc1cc(CCl)cc(S(=O)(=O)N2CCC(C(C)C)C2)c1Br. The summed E-state index contributed by atoms with van der Waals surface area (Å²) in [6.07, 6.45) is 0.933. The molecule has 1 atom stereocenters. The highest BCUT2D eigenvalue weighted by Crippen LogP contribution is 2.34. The molecule has 1 saturated heterocycles. The van der Waals surface area contributed by atoms with Crippen molar-refractivity contribution in [1.29, 1.82) is 0 Å². The summed E-state index contributed by atoms with van der Waals surface area (Å²) in [5.74, 6) is 1.26. The van der Waals surface area contributed by atoms with Crippen molar-refractivity contribution in [3.8, 4) is 0 Å². The largest absolute Gasteiger partial charge is 0.244 e. The molecule has 0 aliphatic carbocycles. The summed E-state index contributed by atoms with van der Waals surface area (Å²) in [5.41, 5.74) is 1.72. The minimum atomic E-state index is -3.46. The molecule has 0 N–H and O–H groups in total. The third-order valence-electron chi connectivity index (χ3n) is 4.18. The van der Waals surface area contributed by atoms with Crippen molar-refractivity contribution in [2.75, 3.05) is 13.1 Å². The summed E-state index contributed by atoms with van der Waals surface area (Å²) in [4.78, 5) is 0.336. The molecular weight excluding hydrogens is 374 g/mol. The number of nitrogens with zero attached hydrogens (tertiary/aromatic N) is 1. The van der Waals surface area contributed by atoms with E-state index in [0.29, 0.717) is 40.2 Å². The number of hydrogen-bond acceptors (Lipinski definition) is 2. The molecule has 0 amide bonds. The molecule has 1 aromatic carbocycles. The predicted molar refractivity (Wildman–Crippen MR) is 90.1 cm³/mol. The minimum absolute atomic E-state index is 0.311. The first kappa shape index (κ1) is 17.3. The smallest absolute Gasteiger partial charge is 0.207 e. The van der Waals surface area contributed by atoms with Crippen molar-refractivity contribution in [3.05, 3.63) is 27.7 Å². The lowest BCUT2D eigenvalue weighted by atomic mass is 9.96. The summed E-state index contributed by atoms with van der Waals surface area (Å²) >= 11 is 9.30. The molecule has 1 unspecified atom stereocenters. The van der Waals surface area contributed by atoms with Gasteiger partial charge in [-0.25, -0.2) is 8.42 Å². The Morgan fingerprint density at radius 2 is 2.10 bits per heavy atom. The Kier molecular flexibility index (Phi) is 5.40. The maximum absolute atomic E-state index is 12.9. The van der Waals surface area contributed by atoms with Crippen LogP contribution in [-0.2, 0) is 15.9 Å². The average molecular weight is 395 g/mol. The summed E-state index contributed by atoms with van der Waals surface area (Å²) in [6.45, 7) is 7.39. The second kappa shape index (κ2) is 6.57. The molecule has 0 bridgehead atoms. The number of alkyl halides is 1. The molecule has 1 aliphatic heterocycles. The van der Waals surface area contributed by atoms with E-state index in [0.717, 1.165) is 17.5 Å². The number of hydrogen-bond donors (Lipinski definition) is 0. The highest BCUT2D eigenvalue weighted by molar-refractivity contribution is 9.10. The molecule has 0 aromatic heterocycles. The molecule has 6 heteroatoms. The van der Waals surface area contributed by atoms with Crippen molar-refractivity contribution in [1.82, 2.24) is 4.31 Å². The van der Waals surface area contributed by atoms with Crippen LogP contribution in [0.4, 0.5) is 0 Å². The molecule has 3 nitrogen and oxygen atoms in total. The number of aryl methyl sites for hydroxylation is 1. The molecule has 1 aliphatic rings. The van der Waals surface area contributed by atoms with E-state index in [-0.39, 0.29) is 0 Å². The van der Waals surface area contributed by atoms with Crippen LogP contribution in [0.1, 0.15) is 31.4 Å².